The highest BCUT2D eigenvalue weighted by atomic mass is 16.4. The fourth-order valence-corrected chi connectivity index (χ4v) is 2.80. The van der Waals surface area contributed by atoms with Gasteiger partial charge in [0.2, 0.25) is 5.89 Å². The molecule has 2 rings (SSSR count). The molecule has 1 N–H and O–H groups in total. The molecular weight excluding hydrogens is 236 g/mol. The van der Waals surface area contributed by atoms with Gasteiger partial charge in [-0.05, 0) is 25.3 Å². The van der Waals surface area contributed by atoms with Crippen LogP contribution in [0.15, 0.2) is 10.6 Å². The number of rotatable bonds is 5. The maximum absolute atomic E-state index is 5.93. The van der Waals surface area contributed by atoms with Crippen LogP contribution < -0.4 is 5.32 Å². The van der Waals surface area contributed by atoms with Gasteiger partial charge in [0.1, 0.15) is 5.76 Å². The third kappa shape index (κ3) is 4.98. The molecule has 1 aliphatic carbocycles. The molecule has 0 amide bonds. The lowest BCUT2D eigenvalue weighted by Crippen LogP contribution is -2.19. The number of aromatic nitrogens is 1. The Balaban J connectivity index is 1.84. The number of nitrogens with one attached hydrogen (secondary N) is 1. The van der Waals surface area contributed by atoms with Crippen LogP contribution in [0.5, 0.6) is 0 Å². The molecule has 1 aromatic rings. The maximum atomic E-state index is 5.93. The first kappa shape index (κ1) is 14.6. The lowest BCUT2D eigenvalue weighted by molar-refractivity contribution is 0.364. The van der Waals surface area contributed by atoms with Crippen LogP contribution in [-0.2, 0) is 6.54 Å². The number of hydrogen-bond donors (Lipinski definition) is 1. The van der Waals surface area contributed by atoms with E-state index in [1.54, 1.807) is 0 Å². The Morgan fingerprint density at radius 2 is 1.89 bits per heavy atom. The van der Waals surface area contributed by atoms with Crippen molar-refractivity contribution >= 4 is 0 Å². The molecule has 1 aliphatic rings. The van der Waals surface area contributed by atoms with Crippen LogP contribution in [0.2, 0.25) is 0 Å². The second-order valence-electron chi connectivity index (χ2n) is 6.22. The lowest BCUT2D eigenvalue weighted by atomic mass is 9.90. The summed E-state index contributed by atoms with van der Waals surface area (Å²) < 4.78 is 5.93. The van der Waals surface area contributed by atoms with E-state index in [1.807, 2.05) is 6.20 Å². The fraction of sp³-hybridized carbons (Fsp3) is 0.812. The number of oxazole rings is 1. The first-order chi connectivity index (χ1) is 9.25. The van der Waals surface area contributed by atoms with Gasteiger partial charge in [0, 0.05) is 5.92 Å². The van der Waals surface area contributed by atoms with E-state index in [9.17, 15) is 0 Å². The Morgan fingerprint density at radius 3 is 2.58 bits per heavy atom. The van der Waals surface area contributed by atoms with Crippen molar-refractivity contribution < 1.29 is 4.42 Å². The van der Waals surface area contributed by atoms with Gasteiger partial charge in [-0.25, -0.2) is 4.98 Å². The van der Waals surface area contributed by atoms with Crippen LogP contribution in [0.3, 0.4) is 0 Å². The summed E-state index contributed by atoms with van der Waals surface area (Å²) in [5.74, 6) is 3.23. The molecule has 19 heavy (non-hydrogen) atoms. The summed E-state index contributed by atoms with van der Waals surface area (Å²) in [6.07, 6.45) is 11.4. The summed E-state index contributed by atoms with van der Waals surface area (Å²) >= 11 is 0. The van der Waals surface area contributed by atoms with Crippen LogP contribution in [0.1, 0.15) is 76.4 Å². The Kier molecular flexibility index (Phi) is 5.90. The van der Waals surface area contributed by atoms with Crippen molar-refractivity contribution in [2.24, 2.45) is 5.92 Å². The van der Waals surface area contributed by atoms with Gasteiger partial charge in [0.05, 0.1) is 12.7 Å². The molecule has 1 saturated carbocycles. The van der Waals surface area contributed by atoms with Crippen molar-refractivity contribution in [2.45, 2.75) is 71.3 Å². The van der Waals surface area contributed by atoms with Gasteiger partial charge in [0.25, 0.3) is 0 Å². The van der Waals surface area contributed by atoms with E-state index >= 15 is 0 Å². The summed E-state index contributed by atoms with van der Waals surface area (Å²) in [4.78, 5) is 4.41. The minimum atomic E-state index is 0.603. The average Bonchev–Trinajstić information content (AvgIpc) is 2.76. The topological polar surface area (TPSA) is 38.1 Å². The van der Waals surface area contributed by atoms with Gasteiger partial charge >= 0.3 is 0 Å². The normalized spacial score (nSPS) is 18.5. The lowest BCUT2D eigenvalue weighted by Gasteiger charge is -2.16. The molecule has 0 radical (unpaired) electrons. The van der Waals surface area contributed by atoms with Gasteiger partial charge in [-0.3, -0.25) is 0 Å². The van der Waals surface area contributed by atoms with Crippen LogP contribution in [0.25, 0.3) is 0 Å². The highest BCUT2D eigenvalue weighted by molar-refractivity contribution is 5.02. The first-order valence-electron chi connectivity index (χ1n) is 7.91. The zero-order chi connectivity index (χ0) is 13.5. The molecule has 0 atom stereocenters. The van der Waals surface area contributed by atoms with E-state index < -0.39 is 0 Å². The standard InChI is InChI=1S/C16H28N2O/c1-13(2)10-17-12-16-18-11-15(19-16)14-8-6-4-3-5-7-9-14/h11,13-14,17H,3-10,12H2,1-2H3. The predicted molar refractivity (Wildman–Crippen MR) is 78.1 cm³/mol. The highest BCUT2D eigenvalue weighted by Gasteiger charge is 2.17. The second-order valence-corrected chi connectivity index (χ2v) is 6.22. The minimum absolute atomic E-state index is 0.603. The minimum Gasteiger partial charge on any atom is -0.444 e. The molecular formula is C16H28N2O. The molecule has 3 nitrogen and oxygen atoms in total. The van der Waals surface area contributed by atoms with Crippen molar-refractivity contribution in [1.82, 2.24) is 10.3 Å². The Bertz CT molecular complexity index is 351. The molecule has 3 heteroatoms. The first-order valence-corrected chi connectivity index (χ1v) is 7.91. The van der Waals surface area contributed by atoms with Gasteiger partial charge in [-0.2, -0.15) is 0 Å². The van der Waals surface area contributed by atoms with Gasteiger partial charge in [0.15, 0.2) is 0 Å². The number of hydrogen-bond acceptors (Lipinski definition) is 3. The van der Waals surface area contributed by atoms with E-state index in [0.29, 0.717) is 11.8 Å². The smallest absolute Gasteiger partial charge is 0.208 e. The van der Waals surface area contributed by atoms with Gasteiger partial charge < -0.3 is 9.73 Å². The molecule has 0 bridgehead atoms. The summed E-state index contributed by atoms with van der Waals surface area (Å²) in [6.45, 7) is 6.19. The summed E-state index contributed by atoms with van der Waals surface area (Å²) in [5.41, 5.74) is 0. The molecule has 0 aliphatic heterocycles. The second kappa shape index (κ2) is 7.68. The molecule has 1 heterocycles. The monoisotopic (exact) mass is 264 g/mol. The van der Waals surface area contributed by atoms with Crippen LogP contribution in [0.4, 0.5) is 0 Å². The van der Waals surface area contributed by atoms with Crippen LogP contribution >= 0.6 is 0 Å². The van der Waals surface area contributed by atoms with E-state index in [-0.39, 0.29) is 0 Å². The predicted octanol–water partition coefficient (Wildman–Crippen LogP) is 4.25. The van der Waals surface area contributed by atoms with Gasteiger partial charge in [-0.15, -0.1) is 0 Å². The highest BCUT2D eigenvalue weighted by Crippen LogP contribution is 2.31. The number of nitrogens with zero attached hydrogens (tertiary/aromatic N) is 1. The van der Waals surface area contributed by atoms with E-state index in [1.165, 1.54) is 44.9 Å². The summed E-state index contributed by atoms with van der Waals surface area (Å²) in [7, 11) is 0. The van der Waals surface area contributed by atoms with Crippen LogP contribution in [-0.4, -0.2) is 11.5 Å². The van der Waals surface area contributed by atoms with E-state index in [2.05, 4.69) is 24.1 Å². The van der Waals surface area contributed by atoms with Crippen molar-refractivity contribution in [3.8, 4) is 0 Å². The third-order valence-corrected chi connectivity index (χ3v) is 3.91. The zero-order valence-corrected chi connectivity index (χ0v) is 12.5. The largest absolute Gasteiger partial charge is 0.444 e. The maximum Gasteiger partial charge on any atom is 0.208 e. The average molecular weight is 264 g/mol. The SMILES string of the molecule is CC(C)CNCc1ncc(C2CCCCCCC2)o1. The molecule has 1 fully saturated rings. The third-order valence-electron chi connectivity index (χ3n) is 3.91. The van der Waals surface area contributed by atoms with Crippen molar-refractivity contribution in [3.63, 3.8) is 0 Å². The molecule has 1 aromatic heterocycles. The molecule has 0 aromatic carbocycles. The fourth-order valence-electron chi connectivity index (χ4n) is 2.80. The van der Waals surface area contributed by atoms with Crippen molar-refractivity contribution in [3.05, 3.63) is 17.8 Å². The molecule has 0 unspecified atom stereocenters. The Morgan fingerprint density at radius 1 is 1.21 bits per heavy atom. The molecule has 0 saturated heterocycles. The zero-order valence-electron chi connectivity index (χ0n) is 12.5. The Hall–Kier alpha value is -0.830. The molecule has 0 spiro atoms. The molecule has 108 valence electrons. The quantitative estimate of drug-likeness (QED) is 0.864. The Labute approximate surface area is 117 Å². The van der Waals surface area contributed by atoms with Crippen molar-refractivity contribution in [1.29, 1.82) is 0 Å². The van der Waals surface area contributed by atoms with Crippen LogP contribution in [0, 0.1) is 5.92 Å². The van der Waals surface area contributed by atoms with Crippen molar-refractivity contribution in [2.75, 3.05) is 6.54 Å². The van der Waals surface area contributed by atoms with E-state index in [0.717, 1.165) is 24.7 Å². The summed E-state index contributed by atoms with van der Waals surface area (Å²) in [5, 5.41) is 3.38. The van der Waals surface area contributed by atoms with E-state index in [4.69, 9.17) is 4.42 Å². The van der Waals surface area contributed by atoms with Gasteiger partial charge in [-0.1, -0.05) is 46.0 Å². The summed E-state index contributed by atoms with van der Waals surface area (Å²) in [6, 6.07) is 0.